The van der Waals surface area contributed by atoms with E-state index in [1.54, 1.807) is 6.20 Å². The number of rotatable bonds is 3. The van der Waals surface area contributed by atoms with E-state index in [0.29, 0.717) is 18.0 Å². The molecule has 0 radical (unpaired) electrons. The second kappa shape index (κ2) is 5.77. The van der Waals surface area contributed by atoms with Crippen LogP contribution in [0.5, 0.6) is 11.5 Å². The third kappa shape index (κ3) is 2.43. The van der Waals surface area contributed by atoms with Crippen molar-refractivity contribution in [3.8, 4) is 11.5 Å². The van der Waals surface area contributed by atoms with Crippen LogP contribution in [-0.4, -0.2) is 22.7 Å². The zero-order valence-electron chi connectivity index (χ0n) is 13.8. The molecule has 6 nitrogen and oxygen atoms in total. The third-order valence-electron chi connectivity index (χ3n) is 4.50. The lowest BCUT2D eigenvalue weighted by Gasteiger charge is -2.05. The van der Waals surface area contributed by atoms with Crippen molar-refractivity contribution in [2.75, 3.05) is 6.79 Å². The highest BCUT2D eigenvalue weighted by Crippen LogP contribution is 2.32. The lowest BCUT2D eigenvalue weighted by atomic mass is 10.1. The van der Waals surface area contributed by atoms with Crippen LogP contribution in [0.15, 0.2) is 54.7 Å². The van der Waals surface area contributed by atoms with Gasteiger partial charge in [-0.15, -0.1) is 0 Å². The molecular weight excluding hydrogens is 330 g/mol. The lowest BCUT2D eigenvalue weighted by molar-refractivity contribution is 0.0946. The topological polar surface area (TPSA) is 76.2 Å². The van der Waals surface area contributed by atoms with Crippen molar-refractivity contribution in [2.24, 2.45) is 0 Å². The highest BCUT2D eigenvalue weighted by molar-refractivity contribution is 6.07. The van der Waals surface area contributed by atoms with Gasteiger partial charge in [-0.3, -0.25) is 9.78 Å². The molecule has 0 spiro atoms. The van der Waals surface area contributed by atoms with Crippen molar-refractivity contribution in [3.05, 3.63) is 66.0 Å². The fourth-order valence-corrected chi connectivity index (χ4v) is 3.19. The number of H-pyrrole nitrogens is 1. The van der Waals surface area contributed by atoms with Gasteiger partial charge in [-0.2, -0.15) is 0 Å². The first-order valence-electron chi connectivity index (χ1n) is 8.31. The molecule has 128 valence electrons. The van der Waals surface area contributed by atoms with Crippen molar-refractivity contribution in [3.63, 3.8) is 0 Å². The van der Waals surface area contributed by atoms with E-state index in [1.807, 2.05) is 48.5 Å². The van der Waals surface area contributed by atoms with Crippen LogP contribution in [0.2, 0.25) is 0 Å². The van der Waals surface area contributed by atoms with Gasteiger partial charge in [-0.25, -0.2) is 0 Å². The summed E-state index contributed by atoms with van der Waals surface area (Å²) in [6.07, 6.45) is 1.75. The number of pyridine rings is 1. The Morgan fingerprint density at radius 2 is 1.96 bits per heavy atom. The Morgan fingerprint density at radius 3 is 2.92 bits per heavy atom. The summed E-state index contributed by atoms with van der Waals surface area (Å²) in [5.74, 6) is 1.28. The maximum absolute atomic E-state index is 12.5. The average Bonchev–Trinajstić information content (AvgIpc) is 3.32. The van der Waals surface area contributed by atoms with Crippen LogP contribution < -0.4 is 14.8 Å². The minimum Gasteiger partial charge on any atom is -0.454 e. The molecule has 5 rings (SSSR count). The maximum atomic E-state index is 12.5. The van der Waals surface area contributed by atoms with E-state index in [2.05, 4.69) is 15.3 Å². The number of aromatic nitrogens is 2. The van der Waals surface area contributed by atoms with Crippen LogP contribution in [0, 0.1) is 0 Å². The molecule has 0 unspecified atom stereocenters. The number of amides is 1. The molecule has 3 heterocycles. The van der Waals surface area contributed by atoms with Gasteiger partial charge in [0.1, 0.15) is 5.69 Å². The Kier molecular flexibility index (Phi) is 3.28. The number of carbonyl (C=O) groups excluding carboxylic acids is 1. The monoisotopic (exact) mass is 345 g/mol. The minimum atomic E-state index is -0.164. The molecule has 1 aliphatic rings. The van der Waals surface area contributed by atoms with Crippen molar-refractivity contribution in [1.82, 2.24) is 15.3 Å². The smallest absolute Gasteiger partial charge is 0.267 e. The van der Waals surface area contributed by atoms with Gasteiger partial charge in [0.25, 0.3) is 5.91 Å². The van der Waals surface area contributed by atoms with E-state index >= 15 is 0 Å². The van der Waals surface area contributed by atoms with Crippen LogP contribution in [0.3, 0.4) is 0 Å². The van der Waals surface area contributed by atoms with Crippen LogP contribution in [0.1, 0.15) is 16.1 Å². The summed E-state index contributed by atoms with van der Waals surface area (Å²) in [5.41, 5.74) is 3.20. The Morgan fingerprint density at radius 1 is 1.08 bits per heavy atom. The normalized spacial score (nSPS) is 12.6. The minimum absolute atomic E-state index is 0.164. The summed E-state index contributed by atoms with van der Waals surface area (Å²) < 4.78 is 10.7. The molecule has 2 aromatic heterocycles. The van der Waals surface area contributed by atoms with Gasteiger partial charge in [-0.05, 0) is 29.8 Å². The van der Waals surface area contributed by atoms with E-state index in [4.69, 9.17) is 9.47 Å². The number of hydrogen-bond acceptors (Lipinski definition) is 4. The first-order chi connectivity index (χ1) is 12.8. The molecule has 0 saturated heterocycles. The first-order valence-corrected chi connectivity index (χ1v) is 8.31. The average molecular weight is 345 g/mol. The number of carbonyl (C=O) groups is 1. The van der Waals surface area contributed by atoms with Gasteiger partial charge in [0.05, 0.1) is 11.0 Å². The van der Waals surface area contributed by atoms with Crippen molar-refractivity contribution < 1.29 is 14.3 Å². The maximum Gasteiger partial charge on any atom is 0.267 e. The molecule has 6 heteroatoms. The fourth-order valence-electron chi connectivity index (χ4n) is 3.19. The van der Waals surface area contributed by atoms with Crippen molar-refractivity contribution >= 4 is 27.7 Å². The second-order valence-electron chi connectivity index (χ2n) is 6.16. The van der Waals surface area contributed by atoms with E-state index in [1.165, 1.54) is 0 Å². The number of nitrogens with one attached hydrogen (secondary N) is 2. The van der Waals surface area contributed by atoms with E-state index in [0.717, 1.165) is 33.1 Å². The first kappa shape index (κ1) is 14.8. The standard InChI is InChI=1S/C20H15N3O3/c24-20(22-10-12-3-6-16-17(8-12)26-11-25-16)15-9-14-5-4-13-2-1-7-21-18(13)19(14)23-15/h1-9,23H,10-11H2,(H,22,24). The molecule has 0 saturated carbocycles. The molecule has 0 bridgehead atoms. The molecule has 2 aromatic carbocycles. The zero-order chi connectivity index (χ0) is 17.5. The van der Waals surface area contributed by atoms with Crippen molar-refractivity contribution in [2.45, 2.75) is 6.54 Å². The van der Waals surface area contributed by atoms with Gasteiger partial charge in [0, 0.05) is 23.5 Å². The molecule has 1 amide bonds. The quantitative estimate of drug-likeness (QED) is 0.597. The van der Waals surface area contributed by atoms with Crippen LogP contribution in [-0.2, 0) is 6.54 Å². The Labute approximate surface area is 148 Å². The molecule has 26 heavy (non-hydrogen) atoms. The summed E-state index contributed by atoms with van der Waals surface area (Å²) in [7, 11) is 0. The number of benzene rings is 2. The summed E-state index contributed by atoms with van der Waals surface area (Å²) in [6.45, 7) is 0.645. The number of ether oxygens (including phenoxy) is 2. The molecule has 0 fully saturated rings. The van der Waals surface area contributed by atoms with Crippen molar-refractivity contribution in [1.29, 1.82) is 0 Å². The lowest BCUT2D eigenvalue weighted by Crippen LogP contribution is -2.23. The van der Waals surface area contributed by atoms with E-state index < -0.39 is 0 Å². The summed E-state index contributed by atoms with van der Waals surface area (Å²) in [6, 6.07) is 15.4. The van der Waals surface area contributed by atoms with Gasteiger partial charge in [0.2, 0.25) is 6.79 Å². The zero-order valence-corrected chi connectivity index (χ0v) is 13.8. The number of fused-ring (bicyclic) bond motifs is 4. The van der Waals surface area contributed by atoms with E-state index in [9.17, 15) is 4.79 Å². The SMILES string of the molecule is O=C(NCc1ccc2c(c1)OCO2)c1cc2ccc3cccnc3c2[nH]1. The highest BCUT2D eigenvalue weighted by Gasteiger charge is 2.15. The molecule has 0 aliphatic carbocycles. The van der Waals surface area contributed by atoms with Gasteiger partial charge >= 0.3 is 0 Å². The summed E-state index contributed by atoms with van der Waals surface area (Å²) in [5, 5.41) is 4.93. The molecule has 4 aromatic rings. The molecular formula is C20H15N3O3. The molecule has 0 atom stereocenters. The number of aromatic amines is 1. The summed E-state index contributed by atoms with van der Waals surface area (Å²) >= 11 is 0. The third-order valence-corrected chi connectivity index (χ3v) is 4.50. The molecule has 2 N–H and O–H groups in total. The Bertz CT molecular complexity index is 1150. The van der Waals surface area contributed by atoms with Gasteiger partial charge in [-0.1, -0.05) is 24.3 Å². The molecule has 1 aliphatic heterocycles. The number of hydrogen-bond donors (Lipinski definition) is 2. The van der Waals surface area contributed by atoms with Crippen LogP contribution in [0.25, 0.3) is 21.8 Å². The van der Waals surface area contributed by atoms with Gasteiger partial charge in [0.15, 0.2) is 11.5 Å². The predicted molar refractivity (Wildman–Crippen MR) is 97.3 cm³/mol. The summed E-state index contributed by atoms with van der Waals surface area (Å²) in [4.78, 5) is 20.2. The number of nitrogens with zero attached hydrogens (tertiary/aromatic N) is 1. The largest absolute Gasteiger partial charge is 0.454 e. The Balaban J connectivity index is 1.39. The Hall–Kier alpha value is -3.54. The highest BCUT2D eigenvalue weighted by atomic mass is 16.7. The van der Waals surface area contributed by atoms with Gasteiger partial charge < -0.3 is 19.8 Å². The predicted octanol–water partition coefficient (Wildman–Crippen LogP) is 3.37. The van der Waals surface area contributed by atoms with E-state index in [-0.39, 0.29) is 12.7 Å². The fraction of sp³-hybridized carbons (Fsp3) is 0.100. The van der Waals surface area contributed by atoms with Crippen LogP contribution >= 0.6 is 0 Å². The second-order valence-corrected chi connectivity index (χ2v) is 6.16. The van der Waals surface area contributed by atoms with Crippen LogP contribution in [0.4, 0.5) is 0 Å².